The summed E-state index contributed by atoms with van der Waals surface area (Å²) in [4.78, 5) is 13.2. The molecule has 0 atom stereocenters. The van der Waals surface area contributed by atoms with E-state index in [1.807, 2.05) is 42.1 Å². The summed E-state index contributed by atoms with van der Waals surface area (Å²) < 4.78 is 5.51. The maximum Gasteiger partial charge on any atom is 0.322 e. The lowest BCUT2D eigenvalue weighted by Gasteiger charge is -2.05. The monoisotopic (exact) mass is 413 g/mol. The normalized spacial score (nSPS) is 11.3. The molecule has 28 heavy (non-hydrogen) atoms. The molecule has 3 aromatic rings. The van der Waals surface area contributed by atoms with E-state index >= 15 is 0 Å². The van der Waals surface area contributed by atoms with Gasteiger partial charge in [0, 0.05) is 21.2 Å². The molecule has 5 nitrogen and oxygen atoms in total. The number of benzene rings is 2. The molecular weight excluding hydrogens is 394 g/mol. The van der Waals surface area contributed by atoms with Crippen LogP contribution in [0.2, 0.25) is 5.02 Å². The molecule has 1 heterocycles. The van der Waals surface area contributed by atoms with Crippen LogP contribution in [0.3, 0.4) is 0 Å². The topological polar surface area (TPSA) is 68.0 Å². The number of thioether (sulfide) groups is 1. The van der Waals surface area contributed by atoms with Gasteiger partial charge in [-0.1, -0.05) is 60.9 Å². The molecule has 3 rings (SSSR count). The Morgan fingerprint density at radius 1 is 1.18 bits per heavy atom. The molecule has 0 saturated carbocycles. The number of amides is 1. The van der Waals surface area contributed by atoms with E-state index in [1.165, 1.54) is 11.0 Å². The van der Waals surface area contributed by atoms with Crippen molar-refractivity contribution in [3.63, 3.8) is 0 Å². The first-order chi connectivity index (χ1) is 13.5. The van der Waals surface area contributed by atoms with E-state index in [0.29, 0.717) is 22.6 Å². The number of anilines is 1. The summed E-state index contributed by atoms with van der Waals surface area (Å²) >= 11 is 7.87. The number of hydrogen-bond donors (Lipinski definition) is 1. The van der Waals surface area contributed by atoms with Crippen molar-refractivity contribution in [1.29, 1.82) is 0 Å². The Kier molecular flexibility index (Phi) is 6.90. The zero-order valence-corrected chi connectivity index (χ0v) is 17.1. The van der Waals surface area contributed by atoms with Crippen LogP contribution in [-0.4, -0.2) is 21.4 Å². The number of halogens is 1. The number of rotatable bonds is 7. The van der Waals surface area contributed by atoms with E-state index in [-0.39, 0.29) is 11.9 Å². The van der Waals surface area contributed by atoms with E-state index in [2.05, 4.69) is 41.5 Å². The highest BCUT2D eigenvalue weighted by molar-refractivity contribution is 7.99. The summed E-state index contributed by atoms with van der Waals surface area (Å²) in [7, 11) is 0. The minimum absolute atomic E-state index is 0.0655. The van der Waals surface area contributed by atoms with Crippen LogP contribution in [0.25, 0.3) is 6.08 Å². The lowest BCUT2D eigenvalue weighted by atomic mass is 10.1. The molecule has 0 saturated heterocycles. The van der Waals surface area contributed by atoms with Crippen LogP contribution in [0.5, 0.6) is 0 Å². The fourth-order valence-electron chi connectivity index (χ4n) is 2.43. The quantitative estimate of drug-likeness (QED) is 0.411. The van der Waals surface area contributed by atoms with Crippen LogP contribution in [0.15, 0.2) is 63.9 Å². The highest BCUT2D eigenvalue weighted by atomic mass is 35.5. The van der Waals surface area contributed by atoms with Gasteiger partial charge < -0.3 is 4.42 Å². The molecule has 0 bridgehead atoms. The van der Waals surface area contributed by atoms with E-state index < -0.39 is 0 Å². The maximum absolute atomic E-state index is 12.0. The summed E-state index contributed by atoms with van der Waals surface area (Å²) in [6.07, 6.45) is 3.51. The standard InChI is InChI=1S/C21H20ClN3O2S/c1-14(2)28-17-10-7-15(8-11-17)13-20-24-25-21(27-20)23-19(26)12-9-16-5-3-4-6-18(16)22/h3-12,14H,13H2,1-2H3,(H,23,25,26)/b12-9+. The van der Waals surface area contributed by atoms with Gasteiger partial charge in [0.2, 0.25) is 5.89 Å². The third kappa shape index (κ3) is 5.97. The molecule has 1 aromatic heterocycles. The molecule has 0 radical (unpaired) electrons. The summed E-state index contributed by atoms with van der Waals surface area (Å²) in [5, 5.41) is 11.5. The molecule has 2 aromatic carbocycles. The van der Waals surface area contributed by atoms with Gasteiger partial charge in [-0.2, -0.15) is 0 Å². The van der Waals surface area contributed by atoms with Crippen molar-refractivity contribution < 1.29 is 9.21 Å². The molecule has 0 spiro atoms. The van der Waals surface area contributed by atoms with Gasteiger partial charge in [-0.15, -0.1) is 16.9 Å². The van der Waals surface area contributed by atoms with Gasteiger partial charge in [-0.3, -0.25) is 10.1 Å². The first kappa shape index (κ1) is 20.2. The Morgan fingerprint density at radius 2 is 1.93 bits per heavy atom. The lowest BCUT2D eigenvalue weighted by Crippen LogP contribution is -2.07. The number of nitrogens with one attached hydrogen (secondary N) is 1. The molecule has 0 unspecified atom stereocenters. The van der Waals surface area contributed by atoms with Gasteiger partial charge >= 0.3 is 6.01 Å². The third-order valence-electron chi connectivity index (χ3n) is 3.67. The van der Waals surface area contributed by atoms with Crippen LogP contribution in [-0.2, 0) is 11.2 Å². The first-order valence-electron chi connectivity index (χ1n) is 8.81. The van der Waals surface area contributed by atoms with Crippen LogP contribution >= 0.6 is 23.4 Å². The zero-order chi connectivity index (χ0) is 19.9. The molecule has 144 valence electrons. The largest absolute Gasteiger partial charge is 0.407 e. The summed E-state index contributed by atoms with van der Waals surface area (Å²) in [6.45, 7) is 4.33. The number of hydrogen-bond acceptors (Lipinski definition) is 5. The predicted molar refractivity (Wildman–Crippen MR) is 114 cm³/mol. The van der Waals surface area contributed by atoms with Crippen LogP contribution in [0.1, 0.15) is 30.9 Å². The average Bonchev–Trinajstić information content (AvgIpc) is 3.09. The van der Waals surface area contributed by atoms with E-state index in [9.17, 15) is 4.79 Å². The number of carbonyl (C=O) groups is 1. The molecule has 0 aliphatic carbocycles. The van der Waals surface area contributed by atoms with Gasteiger partial charge in [0.05, 0.1) is 6.42 Å². The fourth-order valence-corrected chi connectivity index (χ4v) is 3.47. The second-order valence-electron chi connectivity index (χ2n) is 6.33. The van der Waals surface area contributed by atoms with E-state index in [0.717, 1.165) is 11.1 Å². The predicted octanol–water partition coefficient (Wildman–Crippen LogP) is 5.47. The Morgan fingerprint density at radius 3 is 2.64 bits per heavy atom. The fraction of sp³-hybridized carbons (Fsp3) is 0.190. The molecule has 0 fully saturated rings. The highest BCUT2D eigenvalue weighted by Gasteiger charge is 2.09. The third-order valence-corrected chi connectivity index (χ3v) is 5.03. The number of aromatic nitrogens is 2. The minimum Gasteiger partial charge on any atom is -0.407 e. The molecule has 7 heteroatoms. The van der Waals surface area contributed by atoms with Gasteiger partial charge in [0.1, 0.15) is 0 Å². The highest BCUT2D eigenvalue weighted by Crippen LogP contribution is 2.23. The second-order valence-corrected chi connectivity index (χ2v) is 8.39. The van der Waals surface area contributed by atoms with Gasteiger partial charge in [-0.05, 0) is 35.4 Å². The van der Waals surface area contributed by atoms with Crippen LogP contribution in [0.4, 0.5) is 6.01 Å². The Balaban J connectivity index is 1.56. The smallest absolute Gasteiger partial charge is 0.322 e. The SMILES string of the molecule is CC(C)Sc1ccc(Cc2nnc(NC(=O)/C=C/c3ccccc3Cl)o2)cc1. The maximum atomic E-state index is 12.0. The lowest BCUT2D eigenvalue weighted by molar-refractivity contribution is -0.112. The number of nitrogens with zero attached hydrogens (tertiary/aromatic N) is 2. The van der Waals surface area contributed by atoms with Crippen molar-refractivity contribution in [3.05, 3.63) is 76.6 Å². The summed E-state index contributed by atoms with van der Waals surface area (Å²) in [5.41, 5.74) is 1.82. The summed E-state index contributed by atoms with van der Waals surface area (Å²) in [6, 6.07) is 15.6. The first-order valence-corrected chi connectivity index (χ1v) is 10.1. The van der Waals surface area contributed by atoms with Crippen LogP contribution < -0.4 is 5.32 Å². The Bertz CT molecular complexity index is 968. The average molecular weight is 414 g/mol. The van der Waals surface area contributed by atoms with E-state index in [4.69, 9.17) is 16.0 Å². The minimum atomic E-state index is -0.370. The van der Waals surface area contributed by atoms with Crippen molar-refractivity contribution in [2.24, 2.45) is 0 Å². The zero-order valence-electron chi connectivity index (χ0n) is 15.6. The second kappa shape index (κ2) is 9.57. The molecule has 0 aliphatic rings. The van der Waals surface area contributed by atoms with Gasteiger partial charge in [0.15, 0.2) is 0 Å². The van der Waals surface area contributed by atoms with Crippen LogP contribution in [0, 0.1) is 0 Å². The molecule has 1 amide bonds. The number of carbonyl (C=O) groups excluding carboxylic acids is 1. The van der Waals surface area contributed by atoms with Crippen molar-refractivity contribution in [2.75, 3.05) is 5.32 Å². The molecule has 1 N–H and O–H groups in total. The molecular formula is C21H20ClN3O2S. The van der Waals surface area contributed by atoms with E-state index in [1.54, 1.807) is 12.1 Å². The Hall–Kier alpha value is -2.57. The van der Waals surface area contributed by atoms with Crippen molar-refractivity contribution in [2.45, 2.75) is 30.4 Å². The van der Waals surface area contributed by atoms with Crippen molar-refractivity contribution >= 4 is 41.4 Å². The summed E-state index contributed by atoms with van der Waals surface area (Å²) in [5.74, 6) is 0.0693. The molecule has 0 aliphatic heterocycles. The van der Waals surface area contributed by atoms with Crippen molar-refractivity contribution in [3.8, 4) is 0 Å². The van der Waals surface area contributed by atoms with Gasteiger partial charge in [-0.25, -0.2) is 0 Å². The van der Waals surface area contributed by atoms with Crippen molar-refractivity contribution in [1.82, 2.24) is 10.2 Å². The Labute approximate surface area is 173 Å². The van der Waals surface area contributed by atoms with Gasteiger partial charge in [0.25, 0.3) is 5.91 Å².